The number of amides is 2. The third-order valence-electron chi connectivity index (χ3n) is 3.52. The molecule has 23 heavy (non-hydrogen) atoms. The molecule has 5 nitrogen and oxygen atoms in total. The molecule has 0 fully saturated rings. The summed E-state index contributed by atoms with van der Waals surface area (Å²) in [5.74, 6) is 0. The molecule has 0 aliphatic heterocycles. The van der Waals surface area contributed by atoms with E-state index in [-0.39, 0.29) is 4.90 Å². The van der Waals surface area contributed by atoms with Gasteiger partial charge in [-0.05, 0) is 44.5 Å². The zero-order valence-electron chi connectivity index (χ0n) is 13.4. The van der Waals surface area contributed by atoms with Gasteiger partial charge in [0.1, 0.15) is 0 Å². The van der Waals surface area contributed by atoms with E-state index >= 15 is 0 Å². The SMILES string of the molecule is CCN(C(=O)NS(=O)(=O)c1ccc(C)cc1)c1ccccc1C. The molecule has 2 amide bonds. The Hall–Kier alpha value is -2.34. The molecule has 0 radical (unpaired) electrons. The Balaban J connectivity index is 2.26. The number of hydrogen-bond donors (Lipinski definition) is 1. The van der Waals surface area contributed by atoms with Crippen LogP contribution in [-0.2, 0) is 10.0 Å². The summed E-state index contributed by atoms with van der Waals surface area (Å²) >= 11 is 0. The first-order chi connectivity index (χ1) is 10.8. The van der Waals surface area contributed by atoms with Crippen molar-refractivity contribution in [2.45, 2.75) is 25.7 Å². The third-order valence-corrected chi connectivity index (χ3v) is 4.86. The minimum atomic E-state index is -3.89. The molecule has 0 heterocycles. The van der Waals surface area contributed by atoms with E-state index in [0.717, 1.165) is 11.1 Å². The molecule has 0 saturated heterocycles. The predicted octanol–water partition coefficient (Wildman–Crippen LogP) is 3.23. The van der Waals surface area contributed by atoms with Crippen molar-refractivity contribution >= 4 is 21.7 Å². The van der Waals surface area contributed by atoms with Crippen molar-refractivity contribution in [1.82, 2.24) is 4.72 Å². The van der Waals surface area contributed by atoms with Crippen LogP contribution in [0.25, 0.3) is 0 Å². The Morgan fingerprint density at radius 2 is 1.65 bits per heavy atom. The highest BCUT2D eigenvalue weighted by atomic mass is 32.2. The quantitative estimate of drug-likeness (QED) is 0.935. The number of hydrogen-bond acceptors (Lipinski definition) is 3. The van der Waals surface area contributed by atoms with Gasteiger partial charge in [-0.1, -0.05) is 35.9 Å². The lowest BCUT2D eigenvalue weighted by Crippen LogP contribution is -2.43. The van der Waals surface area contributed by atoms with Gasteiger partial charge in [-0.2, -0.15) is 0 Å². The maximum atomic E-state index is 12.4. The van der Waals surface area contributed by atoms with Crippen molar-refractivity contribution in [2.24, 2.45) is 0 Å². The molecule has 6 heteroatoms. The highest BCUT2D eigenvalue weighted by Gasteiger charge is 2.22. The molecule has 1 N–H and O–H groups in total. The number of para-hydroxylation sites is 1. The number of nitrogens with one attached hydrogen (secondary N) is 1. The average molecular weight is 332 g/mol. The Morgan fingerprint density at radius 1 is 1.04 bits per heavy atom. The Labute approximate surface area is 137 Å². The van der Waals surface area contributed by atoms with Crippen molar-refractivity contribution in [3.05, 3.63) is 59.7 Å². The van der Waals surface area contributed by atoms with Crippen LogP contribution in [0.3, 0.4) is 0 Å². The van der Waals surface area contributed by atoms with Crippen molar-refractivity contribution in [3.63, 3.8) is 0 Å². The van der Waals surface area contributed by atoms with Gasteiger partial charge in [0.05, 0.1) is 4.90 Å². The van der Waals surface area contributed by atoms with Crippen LogP contribution in [0, 0.1) is 13.8 Å². The second-order valence-corrected chi connectivity index (χ2v) is 6.94. The summed E-state index contributed by atoms with van der Waals surface area (Å²) in [6.45, 7) is 5.90. The highest BCUT2D eigenvalue weighted by molar-refractivity contribution is 7.90. The Bertz CT molecular complexity index is 799. The van der Waals surface area contributed by atoms with E-state index in [1.807, 2.05) is 32.0 Å². The number of carbonyl (C=O) groups excluding carboxylic acids is 1. The summed E-state index contributed by atoms with van der Waals surface area (Å²) in [4.78, 5) is 13.9. The summed E-state index contributed by atoms with van der Waals surface area (Å²) in [6.07, 6.45) is 0. The summed E-state index contributed by atoms with van der Waals surface area (Å²) in [6, 6.07) is 13.0. The van der Waals surface area contributed by atoms with Gasteiger partial charge in [0.25, 0.3) is 10.0 Å². The molecule has 0 spiro atoms. The molecule has 0 atom stereocenters. The number of carbonyl (C=O) groups is 1. The topological polar surface area (TPSA) is 66.5 Å². The Morgan fingerprint density at radius 3 is 2.22 bits per heavy atom. The van der Waals surface area contributed by atoms with E-state index < -0.39 is 16.1 Å². The second-order valence-electron chi connectivity index (χ2n) is 5.25. The van der Waals surface area contributed by atoms with Gasteiger partial charge in [0.2, 0.25) is 0 Å². The first kappa shape index (κ1) is 17.0. The van der Waals surface area contributed by atoms with Gasteiger partial charge in [-0.3, -0.25) is 4.90 Å². The lowest BCUT2D eigenvalue weighted by atomic mass is 10.2. The largest absolute Gasteiger partial charge is 0.335 e. The third kappa shape index (κ3) is 3.90. The van der Waals surface area contributed by atoms with Crippen LogP contribution in [0.1, 0.15) is 18.1 Å². The van der Waals surface area contributed by atoms with Crippen LogP contribution in [0.2, 0.25) is 0 Å². The Kier molecular flexibility index (Phi) is 5.05. The van der Waals surface area contributed by atoms with Crippen LogP contribution in [0.4, 0.5) is 10.5 Å². The maximum absolute atomic E-state index is 12.4. The van der Waals surface area contributed by atoms with E-state index in [4.69, 9.17) is 0 Å². The van der Waals surface area contributed by atoms with Crippen LogP contribution < -0.4 is 9.62 Å². The van der Waals surface area contributed by atoms with Crippen LogP contribution in [0.15, 0.2) is 53.4 Å². The highest BCUT2D eigenvalue weighted by Crippen LogP contribution is 2.20. The van der Waals surface area contributed by atoms with Crippen LogP contribution in [0.5, 0.6) is 0 Å². The number of anilines is 1. The number of rotatable bonds is 4. The molecule has 2 aromatic carbocycles. The maximum Gasteiger partial charge on any atom is 0.335 e. The molecule has 2 rings (SSSR count). The molecule has 122 valence electrons. The summed E-state index contributed by atoms with van der Waals surface area (Å²) < 4.78 is 26.8. The van der Waals surface area contributed by atoms with Gasteiger partial charge in [0.15, 0.2) is 0 Å². The predicted molar refractivity (Wildman–Crippen MR) is 91.1 cm³/mol. The molecular formula is C17H20N2O3S. The fourth-order valence-corrected chi connectivity index (χ4v) is 3.19. The molecule has 0 aromatic heterocycles. The van der Waals surface area contributed by atoms with Gasteiger partial charge in [0, 0.05) is 12.2 Å². The summed E-state index contributed by atoms with van der Waals surface area (Å²) in [7, 11) is -3.89. The van der Waals surface area contributed by atoms with Gasteiger partial charge in [-0.15, -0.1) is 0 Å². The number of nitrogens with zero attached hydrogens (tertiary/aromatic N) is 1. The van der Waals surface area contributed by atoms with E-state index in [1.54, 1.807) is 25.1 Å². The molecule has 0 bridgehead atoms. The van der Waals surface area contributed by atoms with Crippen LogP contribution in [-0.4, -0.2) is 21.0 Å². The van der Waals surface area contributed by atoms with E-state index in [2.05, 4.69) is 4.72 Å². The minimum absolute atomic E-state index is 0.0669. The van der Waals surface area contributed by atoms with Crippen molar-refractivity contribution in [3.8, 4) is 0 Å². The number of urea groups is 1. The standard InChI is InChI=1S/C17H20N2O3S/c1-4-19(16-8-6-5-7-14(16)3)17(20)18-23(21,22)15-11-9-13(2)10-12-15/h5-12H,4H2,1-3H3,(H,18,20). The fourth-order valence-electron chi connectivity index (χ4n) is 2.24. The monoisotopic (exact) mass is 332 g/mol. The summed E-state index contributed by atoms with van der Waals surface area (Å²) in [5, 5.41) is 0. The number of sulfonamides is 1. The number of benzene rings is 2. The van der Waals surface area contributed by atoms with E-state index in [9.17, 15) is 13.2 Å². The zero-order chi connectivity index (χ0) is 17.0. The smallest absolute Gasteiger partial charge is 0.294 e. The normalized spacial score (nSPS) is 11.1. The summed E-state index contributed by atoms with van der Waals surface area (Å²) in [5.41, 5.74) is 2.54. The van der Waals surface area contributed by atoms with Crippen molar-refractivity contribution in [2.75, 3.05) is 11.4 Å². The van der Waals surface area contributed by atoms with E-state index in [0.29, 0.717) is 12.2 Å². The molecule has 0 aliphatic carbocycles. The molecule has 0 unspecified atom stereocenters. The van der Waals surface area contributed by atoms with Crippen molar-refractivity contribution in [1.29, 1.82) is 0 Å². The lowest BCUT2D eigenvalue weighted by Gasteiger charge is -2.23. The first-order valence-electron chi connectivity index (χ1n) is 7.31. The number of aryl methyl sites for hydroxylation is 2. The second kappa shape index (κ2) is 6.83. The molecule has 0 aliphatic rings. The first-order valence-corrected chi connectivity index (χ1v) is 8.80. The van der Waals surface area contributed by atoms with Gasteiger partial charge < -0.3 is 0 Å². The van der Waals surface area contributed by atoms with Crippen LogP contribution >= 0.6 is 0 Å². The fraction of sp³-hybridized carbons (Fsp3) is 0.235. The van der Waals surface area contributed by atoms with Gasteiger partial charge >= 0.3 is 6.03 Å². The molecule has 0 saturated carbocycles. The average Bonchev–Trinajstić information content (AvgIpc) is 2.50. The molecule has 2 aromatic rings. The van der Waals surface area contributed by atoms with Gasteiger partial charge in [-0.25, -0.2) is 17.9 Å². The minimum Gasteiger partial charge on any atom is -0.294 e. The lowest BCUT2D eigenvalue weighted by molar-refractivity contribution is 0.251. The molecular weight excluding hydrogens is 312 g/mol. The van der Waals surface area contributed by atoms with Crippen molar-refractivity contribution < 1.29 is 13.2 Å². The van der Waals surface area contributed by atoms with E-state index in [1.165, 1.54) is 17.0 Å². The zero-order valence-corrected chi connectivity index (χ0v) is 14.2.